The fourth-order valence-corrected chi connectivity index (χ4v) is 3.19. The van der Waals surface area contributed by atoms with Gasteiger partial charge in [0.25, 0.3) is 5.56 Å². The quantitative estimate of drug-likeness (QED) is 0.542. The van der Waals surface area contributed by atoms with E-state index in [1.807, 2.05) is 36.4 Å². The lowest BCUT2D eigenvalue weighted by Gasteiger charge is -2.09. The first-order chi connectivity index (χ1) is 11.2. The third kappa shape index (κ3) is 1.57. The minimum absolute atomic E-state index is 0.250. The van der Waals surface area contributed by atoms with E-state index in [9.17, 15) is 9.90 Å². The van der Waals surface area contributed by atoms with E-state index >= 15 is 0 Å². The van der Waals surface area contributed by atoms with Crippen LogP contribution in [0.2, 0.25) is 0 Å². The Labute approximate surface area is 130 Å². The van der Waals surface area contributed by atoms with E-state index in [0.717, 1.165) is 10.9 Å². The van der Waals surface area contributed by atoms with Crippen LogP contribution in [-0.4, -0.2) is 19.6 Å². The predicted molar refractivity (Wildman–Crippen MR) is 87.1 cm³/mol. The molecule has 0 bridgehead atoms. The van der Waals surface area contributed by atoms with Gasteiger partial charge in [0.1, 0.15) is 5.69 Å². The van der Waals surface area contributed by atoms with E-state index in [-0.39, 0.29) is 5.56 Å². The molecule has 0 saturated carbocycles. The van der Waals surface area contributed by atoms with Gasteiger partial charge in [0.15, 0.2) is 12.1 Å². The SMILES string of the molecule is O=c1c2ccccc2nc2n1[C@@H](O)c1cc3ccccc3nc1-2. The third-order valence-corrected chi connectivity index (χ3v) is 4.30. The summed E-state index contributed by atoms with van der Waals surface area (Å²) in [5, 5.41) is 12.0. The van der Waals surface area contributed by atoms with Crippen LogP contribution in [-0.2, 0) is 0 Å². The number of hydrogen-bond donors (Lipinski definition) is 1. The van der Waals surface area contributed by atoms with Crippen LogP contribution in [0.3, 0.4) is 0 Å². The van der Waals surface area contributed by atoms with Crippen molar-refractivity contribution in [3.05, 3.63) is 70.5 Å². The van der Waals surface area contributed by atoms with E-state index in [0.29, 0.717) is 28.0 Å². The van der Waals surface area contributed by atoms with Gasteiger partial charge in [0.05, 0.1) is 16.4 Å². The van der Waals surface area contributed by atoms with E-state index in [1.165, 1.54) is 4.57 Å². The fourth-order valence-electron chi connectivity index (χ4n) is 3.19. The molecule has 23 heavy (non-hydrogen) atoms. The molecule has 2 aromatic carbocycles. The van der Waals surface area contributed by atoms with Crippen molar-refractivity contribution in [3.8, 4) is 11.5 Å². The fraction of sp³-hybridized carbons (Fsp3) is 0.0556. The molecular formula is C18H11N3O2. The summed E-state index contributed by atoms with van der Waals surface area (Å²) in [5.74, 6) is 0.418. The summed E-state index contributed by atoms with van der Waals surface area (Å²) >= 11 is 0. The zero-order valence-corrected chi connectivity index (χ0v) is 12.0. The summed E-state index contributed by atoms with van der Waals surface area (Å²) in [4.78, 5) is 21.9. The lowest BCUT2D eigenvalue weighted by molar-refractivity contribution is 0.151. The van der Waals surface area contributed by atoms with Crippen molar-refractivity contribution in [2.24, 2.45) is 0 Å². The third-order valence-electron chi connectivity index (χ3n) is 4.30. The molecule has 5 rings (SSSR count). The molecular weight excluding hydrogens is 290 g/mol. The zero-order chi connectivity index (χ0) is 15.6. The molecule has 0 unspecified atom stereocenters. The molecule has 0 saturated heterocycles. The van der Waals surface area contributed by atoms with Crippen molar-refractivity contribution in [1.29, 1.82) is 0 Å². The Balaban J connectivity index is 1.93. The van der Waals surface area contributed by atoms with Gasteiger partial charge in [-0.2, -0.15) is 0 Å². The standard InChI is InChI=1S/C18H11N3O2/c22-17-11-6-2-4-8-14(11)20-16-15-12(18(23)21(16)17)9-10-5-1-3-7-13(10)19-15/h1-9,18,23H/t18-/m0/s1. The molecule has 0 aliphatic carbocycles. The number of para-hydroxylation sites is 2. The lowest BCUT2D eigenvalue weighted by atomic mass is 10.1. The highest BCUT2D eigenvalue weighted by atomic mass is 16.3. The Morgan fingerprint density at radius 1 is 0.957 bits per heavy atom. The maximum Gasteiger partial charge on any atom is 0.264 e. The number of hydrogen-bond acceptors (Lipinski definition) is 4. The number of rotatable bonds is 0. The van der Waals surface area contributed by atoms with Crippen LogP contribution in [0, 0.1) is 0 Å². The average Bonchev–Trinajstić information content (AvgIpc) is 2.86. The van der Waals surface area contributed by atoms with Gasteiger partial charge in [-0.1, -0.05) is 30.3 Å². The number of aliphatic hydroxyl groups excluding tert-OH is 1. The Kier molecular flexibility index (Phi) is 2.30. The van der Waals surface area contributed by atoms with E-state index < -0.39 is 6.23 Å². The van der Waals surface area contributed by atoms with Crippen LogP contribution in [0.25, 0.3) is 33.3 Å². The largest absolute Gasteiger partial charge is 0.369 e. The second kappa shape index (κ2) is 4.24. The summed E-state index contributed by atoms with van der Waals surface area (Å²) in [7, 11) is 0. The number of nitrogens with zero attached hydrogens (tertiary/aromatic N) is 3. The van der Waals surface area contributed by atoms with Gasteiger partial charge < -0.3 is 5.11 Å². The molecule has 3 heterocycles. The van der Waals surface area contributed by atoms with Gasteiger partial charge >= 0.3 is 0 Å². The molecule has 1 aliphatic rings. The number of fused-ring (bicyclic) bond motifs is 5. The molecule has 1 atom stereocenters. The molecule has 0 radical (unpaired) electrons. The Morgan fingerprint density at radius 3 is 2.57 bits per heavy atom. The summed E-state index contributed by atoms with van der Waals surface area (Å²) in [6.07, 6.45) is -1.05. The zero-order valence-electron chi connectivity index (χ0n) is 12.0. The smallest absolute Gasteiger partial charge is 0.264 e. The molecule has 5 nitrogen and oxygen atoms in total. The van der Waals surface area contributed by atoms with Crippen molar-refractivity contribution in [2.75, 3.05) is 0 Å². The molecule has 110 valence electrons. The summed E-state index contributed by atoms with van der Waals surface area (Å²) in [6, 6.07) is 16.7. The summed E-state index contributed by atoms with van der Waals surface area (Å²) in [5.41, 5.74) is 2.36. The van der Waals surface area contributed by atoms with Crippen molar-refractivity contribution in [1.82, 2.24) is 14.5 Å². The normalized spacial score (nSPS) is 15.8. The first-order valence-electron chi connectivity index (χ1n) is 7.33. The number of benzene rings is 2. The van der Waals surface area contributed by atoms with Gasteiger partial charge in [-0.15, -0.1) is 0 Å². The van der Waals surface area contributed by atoms with Crippen molar-refractivity contribution in [2.45, 2.75) is 6.23 Å². The van der Waals surface area contributed by atoms with Gasteiger partial charge in [-0.05, 0) is 24.3 Å². The minimum atomic E-state index is -1.05. The molecule has 2 aromatic heterocycles. The van der Waals surface area contributed by atoms with E-state index in [2.05, 4.69) is 9.97 Å². The van der Waals surface area contributed by atoms with Crippen LogP contribution >= 0.6 is 0 Å². The minimum Gasteiger partial charge on any atom is -0.369 e. The number of aromatic nitrogens is 3. The highest BCUT2D eigenvalue weighted by molar-refractivity contribution is 5.85. The molecule has 5 heteroatoms. The Bertz CT molecular complexity index is 1160. The average molecular weight is 301 g/mol. The van der Waals surface area contributed by atoms with Crippen molar-refractivity contribution < 1.29 is 5.11 Å². The van der Waals surface area contributed by atoms with Crippen LogP contribution in [0.4, 0.5) is 0 Å². The van der Waals surface area contributed by atoms with E-state index in [4.69, 9.17) is 0 Å². The molecule has 4 aromatic rings. The Hall–Kier alpha value is -3.05. The Morgan fingerprint density at radius 2 is 1.70 bits per heavy atom. The van der Waals surface area contributed by atoms with Crippen LogP contribution < -0.4 is 5.56 Å². The lowest BCUT2D eigenvalue weighted by Crippen LogP contribution is -2.24. The number of pyridine rings is 1. The highest BCUT2D eigenvalue weighted by Crippen LogP contribution is 2.36. The first-order valence-corrected chi connectivity index (χ1v) is 7.33. The monoisotopic (exact) mass is 301 g/mol. The van der Waals surface area contributed by atoms with Gasteiger partial charge in [0, 0.05) is 10.9 Å². The predicted octanol–water partition coefficient (Wildman–Crippen LogP) is 2.46. The van der Waals surface area contributed by atoms with Crippen LogP contribution in [0.15, 0.2) is 59.4 Å². The van der Waals surface area contributed by atoms with Crippen molar-refractivity contribution >= 4 is 21.8 Å². The van der Waals surface area contributed by atoms with Crippen molar-refractivity contribution in [3.63, 3.8) is 0 Å². The molecule has 1 N–H and O–H groups in total. The van der Waals surface area contributed by atoms with Gasteiger partial charge in [-0.25, -0.2) is 9.97 Å². The molecule has 0 amide bonds. The van der Waals surface area contributed by atoms with Crippen LogP contribution in [0.5, 0.6) is 0 Å². The second-order valence-corrected chi connectivity index (χ2v) is 5.62. The van der Waals surface area contributed by atoms with E-state index in [1.54, 1.807) is 18.2 Å². The first kappa shape index (κ1) is 12.5. The molecule has 0 spiro atoms. The summed E-state index contributed by atoms with van der Waals surface area (Å²) in [6.45, 7) is 0. The van der Waals surface area contributed by atoms with Gasteiger partial charge in [-0.3, -0.25) is 9.36 Å². The second-order valence-electron chi connectivity index (χ2n) is 5.62. The molecule has 0 fully saturated rings. The highest BCUT2D eigenvalue weighted by Gasteiger charge is 2.31. The number of aliphatic hydroxyl groups is 1. The molecule has 1 aliphatic heterocycles. The maximum absolute atomic E-state index is 12.7. The van der Waals surface area contributed by atoms with Crippen LogP contribution in [0.1, 0.15) is 11.8 Å². The maximum atomic E-state index is 12.7. The summed E-state index contributed by atoms with van der Waals surface area (Å²) < 4.78 is 1.32. The topological polar surface area (TPSA) is 68.0 Å². The van der Waals surface area contributed by atoms with Gasteiger partial charge in [0.2, 0.25) is 0 Å².